The van der Waals surface area contributed by atoms with Gasteiger partial charge in [0.15, 0.2) is 17.3 Å². The summed E-state index contributed by atoms with van der Waals surface area (Å²) in [6, 6.07) is 8.65. The number of benzene rings is 1. The molecule has 5 rings (SSSR count). The van der Waals surface area contributed by atoms with Crippen molar-refractivity contribution >= 4 is 33.4 Å². The fourth-order valence-corrected chi connectivity index (χ4v) is 4.33. The lowest BCUT2D eigenvalue weighted by Gasteiger charge is -2.38. The third kappa shape index (κ3) is 2.69. The van der Waals surface area contributed by atoms with Crippen LogP contribution in [-0.4, -0.2) is 39.5 Å². The number of halogens is 2. The van der Waals surface area contributed by atoms with Gasteiger partial charge >= 0.3 is 0 Å². The monoisotopic (exact) mass is 392 g/mol. The van der Waals surface area contributed by atoms with E-state index in [1.165, 1.54) is 0 Å². The first kappa shape index (κ1) is 17.8. The van der Waals surface area contributed by atoms with E-state index in [2.05, 4.69) is 40.1 Å². The average Bonchev–Trinajstić information content (AvgIpc) is 3.05. The van der Waals surface area contributed by atoms with Crippen LogP contribution in [0.3, 0.4) is 0 Å². The predicted molar refractivity (Wildman–Crippen MR) is 107 cm³/mol. The molecule has 29 heavy (non-hydrogen) atoms. The van der Waals surface area contributed by atoms with Gasteiger partial charge in [-0.2, -0.15) is 5.26 Å². The van der Waals surface area contributed by atoms with Gasteiger partial charge in [-0.25, -0.2) is 18.7 Å². The molecule has 4 aromatic rings. The molecule has 0 saturated carbocycles. The molecule has 2 atom stereocenters. The number of nitrogens with one attached hydrogen (secondary N) is 1. The summed E-state index contributed by atoms with van der Waals surface area (Å²) in [4.78, 5) is 11.1. The standard InChI is InChI=1S/C21H18F2N6/c1-11-9-28(10-12(2)26-11)18-3-4-25-21-14(18)5-13(8-24)20-27-17-6-15(22)16(23)7-19(17)29(20)21/h3-7,11-12,26H,9-10H2,1-2H3/t11-,12+. The van der Waals surface area contributed by atoms with Crippen LogP contribution in [0.1, 0.15) is 19.4 Å². The molecule has 1 N–H and O–H groups in total. The molecular weight excluding hydrogens is 374 g/mol. The molecule has 3 aromatic heterocycles. The number of hydrogen-bond acceptors (Lipinski definition) is 5. The third-order valence-corrected chi connectivity index (χ3v) is 5.40. The fraction of sp³-hybridized carbons (Fsp3) is 0.286. The van der Waals surface area contributed by atoms with E-state index < -0.39 is 11.6 Å². The molecule has 0 spiro atoms. The van der Waals surface area contributed by atoms with E-state index in [0.29, 0.717) is 34.5 Å². The van der Waals surface area contributed by atoms with Gasteiger partial charge in [0.1, 0.15) is 11.7 Å². The summed E-state index contributed by atoms with van der Waals surface area (Å²) in [7, 11) is 0. The molecule has 1 fully saturated rings. The molecule has 146 valence electrons. The lowest BCUT2D eigenvalue weighted by atomic mass is 10.1. The number of nitrogens with zero attached hydrogens (tertiary/aromatic N) is 5. The van der Waals surface area contributed by atoms with E-state index in [9.17, 15) is 14.0 Å². The van der Waals surface area contributed by atoms with Crippen molar-refractivity contribution in [1.82, 2.24) is 19.7 Å². The number of piperazine rings is 1. The molecule has 1 aliphatic heterocycles. The Morgan fingerprint density at radius 2 is 1.83 bits per heavy atom. The van der Waals surface area contributed by atoms with Gasteiger partial charge in [-0.15, -0.1) is 0 Å². The number of anilines is 1. The highest BCUT2D eigenvalue weighted by atomic mass is 19.2. The van der Waals surface area contributed by atoms with E-state index in [-0.39, 0.29) is 5.52 Å². The molecular formula is C21H18F2N6. The first-order chi connectivity index (χ1) is 14.0. The summed E-state index contributed by atoms with van der Waals surface area (Å²) < 4.78 is 29.4. The lowest BCUT2D eigenvalue weighted by Crippen LogP contribution is -2.54. The summed E-state index contributed by atoms with van der Waals surface area (Å²) >= 11 is 0. The highest BCUT2D eigenvalue weighted by molar-refractivity contribution is 5.97. The smallest absolute Gasteiger partial charge is 0.161 e. The Morgan fingerprint density at radius 3 is 2.55 bits per heavy atom. The number of nitriles is 1. The molecule has 0 unspecified atom stereocenters. The summed E-state index contributed by atoms with van der Waals surface area (Å²) in [5.41, 5.74) is 2.85. The zero-order valence-corrected chi connectivity index (χ0v) is 15.9. The number of imidazole rings is 1. The number of aromatic nitrogens is 3. The van der Waals surface area contributed by atoms with Crippen LogP contribution in [0.2, 0.25) is 0 Å². The van der Waals surface area contributed by atoms with Crippen LogP contribution in [0.25, 0.3) is 27.7 Å². The van der Waals surface area contributed by atoms with E-state index >= 15 is 0 Å². The number of rotatable bonds is 1. The highest BCUT2D eigenvalue weighted by Crippen LogP contribution is 2.32. The zero-order valence-electron chi connectivity index (χ0n) is 15.9. The largest absolute Gasteiger partial charge is 0.368 e. The summed E-state index contributed by atoms with van der Waals surface area (Å²) in [6.45, 7) is 5.89. The Labute approximate surface area is 165 Å². The van der Waals surface area contributed by atoms with E-state index in [1.807, 2.05) is 6.07 Å². The molecule has 8 heteroatoms. The molecule has 0 radical (unpaired) electrons. The maximum Gasteiger partial charge on any atom is 0.161 e. The predicted octanol–water partition coefficient (Wildman–Crippen LogP) is 3.37. The Morgan fingerprint density at radius 1 is 1.10 bits per heavy atom. The minimum absolute atomic E-state index is 0.282. The van der Waals surface area contributed by atoms with Crippen LogP contribution < -0.4 is 10.2 Å². The van der Waals surface area contributed by atoms with E-state index in [1.54, 1.807) is 16.7 Å². The van der Waals surface area contributed by atoms with Gasteiger partial charge in [-0.1, -0.05) is 0 Å². The van der Waals surface area contributed by atoms with Crippen molar-refractivity contribution in [1.29, 1.82) is 5.26 Å². The van der Waals surface area contributed by atoms with Gasteiger partial charge in [0.05, 0.1) is 16.6 Å². The topological polar surface area (TPSA) is 69.2 Å². The first-order valence-corrected chi connectivity index (χ1v) is 9.46. The maximum atomic E-state index is 14.0. The van der Waals surface area contributed by atoms with Crippen LogP contribution in [-0.2, 0) is 0 Å². The van der Waals surface area contributed by atoms with Gasteiger partial charge < -0.3 is 10.2 Å². The average molecular weight is 392 g/mol. The van der Waals surface area contributed by atoms with Crippen LogP contribution in [0.15, 0.2) is 30.5 Å². The molecule has 0 bridgehead atoms. The lowest BCUT2D eigenvalue weighted by molar-refractivity contribution is 0.407. The van der Waals surface area contributed by atoms with Crippen molar-refractivity contribution in [3.05, 3.63) is 47.7 Å². The SMILES string of the molecule is C[C@@H]1CN(c2ccnc3c2cc(C#N)c2nc4cc(F)c(F)cc4n23)C[C@H](C)N1. The summed E-state index contributed by atoms with van der Waals surface area (Å²) in [5, 5.41) is 14.0. The van der Waals surface area contributed by atoms with E-state index in [4.69, 9.17) is 0 Å². The number of hydrogen-bond donors (Lipinski definition) is 1. The molecule has 1 aliphatic rings. The van der Waals surface area contributed by atoms with Crippen molar-refractivity contribution < 1.29 is 8.78 Å². The van der Waals surface area contributed by atoms with E-state index in [0.717, 1.165) is 36.3 Å². The Balaban J connectivity index is 1.86. The quantitative estimate of drug-likeness (QED) is 0.538. The third-order valence-electron chi connectivity index (χ3n) is 5.40. The minimum Gasteiger partial charge on any atom is -0.368 e. The van der Waals surface area contributed by atoms with Gasteiger partial charge in [0, 0.05) is 54.6 Å². The summed E-state index contributed by atoms with van der Waals surface area (Å²) in [6.07, 6.45) is 1.70. The second kappa shape index (κ2) is 6.36. The zero-order chi connectivity index (χ0) is 20.3. The molecule has 1 saturated heterocycles. The van der Waals surface area contributed by atoms with Crippen molar-refractivity contribution in [2.24, 2.45) is 0 Å². The first-order valence-electron chi connectivity index (χ1n) is 9.46. The normalized spacial score (nSPS) is 19.9. The molecule has 4 heterocycles. The number of fused-ring (bicyclic) bond motifs is 5. The van der Waals surface area contributed by atoms with Gasteiger partial charge in [-0.3, -0.25) is 4.40 Å². The Kier molecular flexibility index (Phi) is 3.89. The Hall–Kier alpha value is -3.31. The van der Waals surface area contributed by atoms with Gasteiger partial charge in [0.25, 0.3) is 0 Å². The molecule has 0 amide bonds. The maximum absolute atomic E-state index is 14.0. The summed E-state index contributed by atoms with van der Waals surface area (Å²) in [5.74, 6) is -1.93. The Bertz CT molecular complexity index is 1310. The van der Waals surface area contributed by atoms with Gasteiger partial charge in [0.2, 0.25) is 0 Å². The van der Waals surface area contributed by atoms with Gasteiger partial charge in [-0.05, 0) is 26.0 Å². The second-order valence-corrected chi connectivity index (χ2v) is 7.64. The molecule has 1 aromatic carbocycles. The molecule has 0 aliphatic carbocycles. The van der Waals surface area contributed by atoms with Crippen molar-refractivity contribution in [2.45, 2.75) is 25.9 Å². The van der Waals surface area contributed by atoms with Crippen molar-refractivity contribution in [3.63, 3.8) is 0 Å². The fourth-order valence-electron chi connectivity index (χ4n) is 4.33. The van der Waals surface area contributed by atoms with Crippen molar-refractivity contribution in [2.75, 3.05) is 18.0 Å². The number of pyridine rings is 2. The van der Waals surface area contributed by atoms with Crippen LogP contribution in [0.5, 0.6) is 0 Å². The molecule has 6 nitrogen and oxygen atoms in total. The van der Waals surface area contributed by atoms with Crippen molar-refractivity contribution in [3.8, 4) is 6.07 Å². The minimum atomic E-state index is -0.971. The van der Waals surface area contributed by atoms with Crippen LogP contribution in [0, 0.1) is 23.0 Å². The van der Waals surface area contributed by atoms with Crippen LogP contribution >= 0.6 is 0 Å². The second-order valence-electron chi connectivity index (χ2n) is 7.64. The van der Waals surface area contributed by atoms with Crippen LogP contribution in [0.4, 0.5) is 14.5 Å². The highest BCUT2D eigenvalue weighted by Gasteiger charge is 2.24.